The number of nitrogens with one attached hydrogen (secondary N) is 2. The van der Waals surface area contributed by atoms with Crippen molar-refractivity contribution in [3.05, 3.63) is 28.3 Å². The Kier molecular flexibility index (Phi) is 4.61. The molecule has 3 aliphatic rings. The van der Waals surface area contributed by atoms with Crippen LogP contribution in [-0.2, 0) is 47.5 Å². The van der Waals surface area contributed by atoms with Gasteiger partial charge in [-0.05, 0) is 60.8 Å². The Morgan fingerprint density at radius 1 is 1.07 bits per heavy atom. The molecule has 144 valence electrons. The molecule has 0 bridgehead atoms. The highest BCUT2D eigenvalue weighted by Gasteiger charge is 2.26. The van der Waals surface area contributed by atoms with Crippen LogP contribution in [0.2, 0.25) is 0 Å². The van der Waals surface area contributed by atoms with Gasteiger partial charge in [0.15, 0.2) is 11.0 Å². The summed E-state index contributed by atoms with van der Waals surface area (Å²) in [6.07, 6.45) is 6.89. The summed E-state index contributed by atoms with van der Waals surface area (Å²) in [7, 11) is -2.18. The van der Waals surface area contributed by atoms with Crippen molar-refractivity contribution in [1.29, 1.82) is 0 Å². The van der Waals surface area contributed by atoms with Crippen LogP contribution in [0.25, 0.3) is 0 Å². The molecule has 0 saturated carbocycles. The zero-order valence-corrected chi connectivity index (χ0v) is 16.8. The van der Waals surface area contributed by atoms with E-state index in [-0.39, 0.29) is 0 Å². The summed E-state index contributed by atoms with van der Waals surface area (Å²) in [5.74, 6) is 1.61. The quantitative estimate of drug-likeness (QED) is 0.807. The highest BCUT2D eigenvalue weighted by molar-refractivity contribution is 7.85. The normalized spacial score (nSPS) is 21.2. The molecule has 2 heterocycles. The van der Waals surface area contributed by atoms with E-state index in [2.05, 4.69) is 26.6 Å². The van der Waals surface area contributed by atoms with Gasteiger partial charge in [-0.1, -0.05) is 6.07 Å². The molecule has 1 aliphatic heterocycles. The van der Waals surface area contributed by atoms with Crippen molar-refractivity contribution in [1.82, 2.24) is 19.5 Å². The molecule has 0 radical (unpaired) electrons. The van der Waals surface area contributed by atoms with Crippen LogP contribution in [0.5, 0.6) is 0 Å². The third-order valence-corrected chi connectivity index (χ3v) is 8.33. The molecule has 2 aromatic rings. The fourth-order valence-electron chi connectivity index (χ4n) is 4.37. The van der Waals surface area contributed by atoms with Gasteiger partial charge in [-0.2, -0.15) is 4.98 Å². The number of aryl methyl sites for hydroxylation is 2. The molecule has 0 amide bonds. The lowest BCUT2D eigenvalue weighted by Crippen LogP contribution is -2.39. The second kappa shape index (κ2) is 7.10. The Labute approximate surface area is 163 Å². The number of hydrogen-bond donors (Lipinski definition) is 2. The van der Waals surface area contributed by atoms with Gasteiger partial charge in [-0.25, -0.2) is 13.6 Å². The maximum atomic E-state index is 12.7. The summed E-state index contributed by atoms with van der Waals surface area (Å²) in [5, 5.41) is 10.9. The van der Waals surface area contributed by atoms with E-state index in [9.17, 15) is 8.42 Å². The topological polar surface area (TPSA) is 91.0 Å². The highest BCUT2D eigenvalue weighted by atomic mass is 32.2. The molecule has 1 atom stereocenters. The lowest BCUT2D eigenvalue weighted by atomic mass is 9.99. The minimum absolute atomic E-state index is 0.356. The van der Waals surface area contributed by atoms with E-state index in [1.807, 2.05) is 4.31 Å². The van der Waals surface area contributed by atoms with Crippen LogP contribution in [0, 0.1) is 0 Å². The average Bonchev–Trinajstić information content (AvgIpc) is 3.42. The van der Waals surface area contributed by atoms with E-state index in [4.69, 9.17) is 0 Å². The second-order valence-electron chi connectivity index (χ2n) is 7.35. The van der Waals surface area contributed by atoms with Crippen molar-refractivity contribution in [3.63, 3.8) is 0 Å². The number of fused-ring (bicyclic) bond motifs is 2. The number of anilines is 2. The first-order valence-electron chi connectivity index (χ1n) is 9.57. The average molecular weight is 406 g/mol. The Hall–Kier alpha value is -1.58. The standard InChI is InChI=1S/C18H23N5O2S2/c24-26-9-7-23(8-10-26)27(25)18-20-17(21-22-18)19-16-14-5-1-3-12(14)11-13-4-2-6-15(13)16/h11H,1-10H2,(H2,19,20,21,22). The first-order chi connectivity index (χ1) is 13.2. The summed E-state index contributed by atoms with van der Waals surface area (Å²) in [5.41, 5.74) is 6.91. The van der Waals surface area contributed by atoms with E-state index < -0.39 is 21.8 Å². The van der Waals surface area contributed by atoms with Gasteiger partial charge in [0.25, 0.3) is 0 Å². The van der Waals surface area contributed by atoms with E-state index in [1.54, 1.807) is 0 Å². The number of aromatic nitrogens is 3. The molecule has 1 unspecified atom stereocenters. The van der Waals surface area contributed by atoms with Crippen LogP contribution < -0.4 is 5.32 Å². The molecule has 2 N–H and O–H groups in total. The maximum absolute atomic E-state index is 12.7. The number of H-pyrrole nitrogens is 1. The summed E-state index contributed by atoms with van der Waals surface area (Å²) in [6.45, 7) is 1.12. The molecule has 1 aromatic heterocycles. The maximum Gasteiger partial charge on any atom is 0.247 e. The van der Waals surface area contributed by atoms with Crippen LogP contribution in [0.15, 0.2) is 11.2 Å². The number of hydrogen-bond acceptors (Lipinski definition) is 5. The lowest BCUT2D eigenvalue weighted by Gasteiger charge is -2.23. The minimum Gasteiger partial charge on any atom is -0.322 e. The zero-order valence-electron chi connectivity index (χ0n) is 15.1. The van der Waals surface area contributed by atoms with E-state index >= 15 is 0 Å². The SMILES string of the molecule is O=S1CCN(S(=O)c2nc(Nc3c4c(cc5c3CCC5)CCC4)n[nH]2)CC1. The summed E-state index contributed by atoms with van der Waals surface area (Å²) >= 11 is 0. The van der Waals surface area contributed by atoms with Crippen molar-refractivity contribution in [2.45, 2.75) is 43.7 Å². The minimum atomic E-state index is -1.39. The summed E-state index contributed by atoms with van der Waals surface area (Å²) < 4.78 is 26.0. The van der Waals surface area contributed by atoms with E-state index in [0.717, 1.165) is 25.7 Å². The Balaban J connectivity index is 1.39. The Morgan fingerprint density at radius 2 is 1.74 bits per heavy atom. The Bertz CT molecular complexity index is 900. The number of aromatic amines is 1. The molecule has 9 heteroatoms. The number of benzene rings is 1. The van der Waals surface area contributed by atoms with Crippen LogP contribution in [0.3, 0.4) is 0 Å². The molecule has 5 rings (SSSR count). The fraction of sp³-hybridized carbons (Fsp3) is 0.556. The van der Waals surface area contributed by atoms with Crippen molar-refractivity contribution >= 4 is 33.4 Å². The zero-order chi connectivity index (χ0) is 18.4. The summed E-state index contributed by atoms with van der Waals surface area (Å²) in [4.78, 5) is 4.46. The molecule has 27 heavy (non-hydrogen) atoms. The molecular formula is C18H23N5O2S2. The van der Waals surface area contributed by atoms with Gasteiger partial charge in [-0.3, -0.25) is 4.21 Å². The molecule has 2 aliphatic carbocycles. The summed E-state index contributed by atoms with van der Waals surface area (Å²) in [6, 6.07) is 2.40. The molecule has 1 fully saturated rings. The van der Waals surface area contributed by atoms with Gasteiger partial charge in [0.05, 0.1) is 0 Å². The smallest absolute Gasteiger partial charge is 0.247 e. The van der Waals surface area contributed by atoms with Crippen molar-refractivity contribution < 1.29 is 8.42 Å². The highest BCUT2D eigenvalue weighted by Crippen LogP contribution is 2.39. The van der Waals surface area contributed by atoms with Crippen molar-refractivity contribution in [2.75, 3.05) is 29.9 Å². The van der Waals surface area contributed by atoms with Crippen LogP contribution >= 0.6 is 0 Å². The number of nitrogens with zero attached hydrogens (tertiary/aromatic N) is 3. The molecule has 1 aromatic carbocycles. The number of rotatable bonds is 4. The monoisotopic (exact) mass is 405 g/mol. The molecular weight excluding hydrogens is 382 g/mol. The largest absolute Gasteiger partial charge is 0.322 e. The van der Waals surface area contributed by atoms with Crippen LogP contribution in [0.1, 0.15) is 35.1 Å². The second-order valence-corrected chi connectivity index (χ2v) is 10.4. The predicted molar refractivity (Wildman–Crippen MR) is 106 cm³/mol. The van der Waals surface area contributed by atoms with E-state index in [1.165, 1.54) is 40.8 Å². The van der Waals surface area contributed by atoms with Crippen LogP contribution in [0.4, 0.5) is 11.6 Å². The fourth-order valence-corrected chi connectivity index (χ4v) is 6.70. The molecule has 0 spiro atoms. The van der Waals surface area contributed by atoms with Gasteiger partial charge < -0.3 is 5.32 Å². The first kappa shape index (κ1) is 17.5. The predicted octanol–water partition coefficient (Wildman–Crippen LogP) is 1.61. The van der Waals surface area contributed by atoms with Gasteiger partial charge >= 0.3 is 0 Å². The van der Waals surface area contributed by atoms with Crippen molar-refractivity contribution in [3.8, 4) is 0 Å². The van der Waals surface area contributed by atoms with Gasteiger partial charge in [0.1, 0.15) is 0 Å². The van der Waals surface area contributed by atoms with Gasteiger partial charge in [0.2, 0.25) is 11.1 Å². The first-order valence-corrected chi connectivity index (χ1v) is 12.2. The van der Waals surface area contributed by atoms with Crippen molar-refractivity contribution in [2.24, 2.45) is 0 Å². The Morgan fingerprint density at radius 3 is 2.41 bits per heavy atom. The molecule has 7 nitrogen and oxygen atoms in total. The van der Waals surface area contributed by atoms with Gasteiger partial charge in [-0.15, -0.1) is 5.10 Å². The van der Waals surface area contributed by atoms with Gasteiger partial charge in [0, 0.05) is 41.1 Å². The van der Waals surface area contributed by atoms with E-state index in [0.29, 0.717) is 35.7 Å². The third-order valence-electron chi connectivity index (χ3n) is 5.71. The molecule has 1 saturated heterocycles. The lowest BCUT2D eigenvalue weighted by molar-refractivity contribution is 0.475. The van der Waals surface area contributed by atoms with Crippen LogP contribution in [-0.4, -0.2) is 52.5 Å². The third kappa shape index (κ3) is 3.25.